The van der Waals surface area contributed by atoms with Gasteiger partial charge in [-0.2, -0.15) is 0 Å². The first-order valence-corrected chi connectivity index (χ1v) is 8.16. The molecule has 160 valence electrons. The van der Waals surface area contributed by atoms with Crippen LogP contribution in [0.1, 0.15) is 13.8 Å². The molecule has 0 saturated carbocycles. The molecule has 7 atom stereocenters. The summed E-state index contributed by atoms with van der Waals surface area (Å²) >= 11 is 5.86. The molecule has 27 heavy (non-hydrogen) atoms. The van der Waals surface area contributed by atoms with Gasteiger partial charge in [-0.25, -0.2) is 9.59 Å². The number of ether oxygens (including phenoxy) is 3. The van der Waals surface area contributed by atoms with Gasteiger partial charge in [0.2, 0.25) is 0 Å². The van der Waals surface area contributed by atoms with Crippen LogP contribution < -0.4 is 0 Å². The first-order chi connectivity index (χ1) is 12.4. The molecular formula is C14H25ClO12. The Hall–Kier alpha value is -1.09. The van der Waals surface area contributed by atoms with Gasteiger partial charge >= 0.3 is 17.2 Å². The molecule has 13 heteroatoms. The normalized spacial score (nSPS) is 20.5. The Balaban J connectivity index is 5.17. The summed E-state index contributed by atoms with van der Waals surface area (Å²) in [7, 11) is 0. The minimum absolute atomic E-state index is 0.505. The predicted molar refractivity (Wildman–Crippen MR) is 86.1 cm³/mol. The Morgan fingerprint density at radius 3 is 1.89 bits per heavy atom. The summed E-state index contributed by atoms with van der Waals surface area (Å²) in [6.07, 6.45) is -11.7. The van der Waals surface area contributed by atoms with Crippen LogP contribution in [0, 0.1) is 0 Å². The van der Waals surface area contributed by atoms with Crippen molar-refractivity contribution in [3.05, 3.63) is 0 Å². The van der Waals surface area contributed by atoms with Crippen molar-refractivity contribution < 1.29 is 59.5 Å². The maximum atomic E-state index is 11.6. The highest BCUT2D eigenvalue weighted by Crippen LogP contribution is 2.28. The van der Waals surface area contributed by atoms with Crippen molar-refractivity contribution in [2.75, 3.05) is 19.8 Å². The van der Waals surface area contributed by atoms with Crippen molar-refractivity contribution in [1.29, 1.82) is 0 Å². The Kier molecular flexibility index (Phi) is 11.2. The van der Waals surface area contributed by atoms with Gasteiger partial charge in [0.15, 0.2) is 6.10 Å². The molecule has 0 spiro atoms. The van der Waals surface area contributed by atoms with Gasteiger partial charge in [-0.15, -0.1) is 0 Å². The van der Waals surface area contributed by atoms with E-state index >= 15 is 0 Å². The molecule has 0 aliphatic rings. The zero-order valence-electron chi connectivity index (χ0n) is 14.6. The van der Waals surface area contributed by atoms with E-state index in [9.17, 15) is 35.1 Å². The van der Waals surface area contributed by atoms with Gasteiger partial charge in [0, 0.05) is 0 Å². The lowest BCUT2D eigenvalue weighted by atomic mass is 10.0. The number of carbonyl (C=O) groups excluding carboxylic acids is 2. The molecule has 12 nitrogen and oxygen atoms in total. The van der Waals surface area contributed by atoms with Crippen LogP contribution in [0.15, 0.2) is 0 Å². The first kappa shape index (κ1) is 25.9. The summed E-state index contributed by atoms with van der Waals surface area (Å²) in [5.41, 5.74) is 0. The van der Waals surface area contributed by atoms with Gasteiger partial charge in [0.25, 0.3) is 0 Å². The Bertz CT molecular complexity index is 473. The number of aliphatic hydroxyl groups excluding tert-OH is 7. The van der Waals surface area contributed by atoms with Crippen molar-refractivity contribution in [3.8, 4) is 0 Å². The van der Waals surface area contributed by atoms with Crippen molar-refractivity contribution in [1.82, 2.24) is 0 Å². The fourth-order valence-electron chi connectivity index (χ4n) is 1.57. The van der Waals surface area contributed by atoms with Crippen molar-refractivity contribution >= 4 is 23.5 Å². The quantitative estimate of drug-likeness (QED) is 0.0702. The maximum absolute atomic E-state index is 11.6. The van der Waals surface area contributed by atoms with E-state index in [1.54, 1.807) is 0 Å². The summed E-state index contributed by atoms with van der Waals surface area (Å²) in [5, 5.41) is 63.0. The smallest absolute Gasteiger partial charge is 0.338 e. The third-order valence-corrected chi connectivity index (χ3v) is 3.57. The number of hydrogen-bond acceptors (Lipinski definition) is 12. The van der Waals surface area contributed by atoms with Gasteiger partial charge in [-0.05, 0) is 25.4 Å². The van der Waals surface area contributed by atoms with E-state index < -0.39 is 73.6 Å². The lowest BCUT2D eigenvalue weighted by molar-refractivity contribution is -0.258. The zero-order valence-corrected chi connectivity index (χ0v) is 15.4. The third-order valence-electron chi connectivity index (χ3n) is 3.16. The van der Waals surface area contributed by atoms with Gasteiger partial charge < -0.3 is 50.0 Å². The van der Waals surface area contributed by atoms with Gasteiger partial charge in [0.1, 0.15) is 37.1 Å². The van der Waals surface area contributed by atoms with E-state index in [1.807, 2.05) is 0 Å². The van der Waals surface area contributed by atoms with Crippen molar-refractivity contribution in [2.45, 2.75) is 55.7 Å². The number of alkyl halides is 1. The number of hydrogen-bond donors (Lipinski definition) is 7. The highest BCUT2D eigenvalue weighted by molar-refractivity contribution is 6.23. The summed E-state index contributed by atoms with van der Waals surface area (Å²) in [4.78, 5) is 22.7. The molecule has 0 aliphatic carbocycles. The standard InChI is InChI=1S/C14H25ClO12/c1-6(17)12(23)25-3-4-26-14(15,27-13(24)7(2)18)11(22)10(21)9(20)8(19)5-16/h6-11,16-22H,3-5H2,1-2H3/t6?,7?,8-,9-,10+,11-,14?/m1/s1. The summed E-state index contributed by atoms with van der Waals surface area (Å²) in [6.45, 7) is 0.0844. The molecule has 0 bridgehead atoms. The Morgan fingerprint density at radius 2 is 1.44 bits per heavy atom. The van der Waals surface area contributed by atoms with Crippen LogP contribution in [0.2, 0.25) is 0 Å². The Morgan fingerprint density at radius 1 is 0.926 bits per heavy atom. The molecule has 0 aromatic rings. The van der Waals surface area contributed by atoms with Crippen LogP contribution in [0.4, 0.5) is 0 Å². The van der Waals surface area contributed by atoms with Crippen LogP contribution in [-0.4, -0.2) is 109 Å². The third kappa shape index (κ3) is 8.21. The topological polar surface area (TPSA) is 203 Å². The molecule has 0 heterocycles. The number of esters is 2. The zero-order chi connectivity index (χ0) is 21.4. The molecule has 3 unspecified atom stereocenters. The van der Waals surface area contributed by atoms with Crippen LogP contribution in [0.25, 0.3) is 0 Å². The van der Waals surface area contributed by atoms with Crippen LogP contribution in [0.3, 0.4) is 0 Å². The number of aliphatic hydroxyl groups is 7. The molecule has 0 saturated heterocycles. The summed E-state index contributed by atoms with van der Waals surface area (Å²) in [6, 6.07) is 0. The second-order valence-electron chi connectivity index (χ2n) is 5.55. The van der Waals surface area contributed by atoms with E-state index in [1.165, 1.54) is 0 Å². The van der Waals surface area contributed by atoms with Gasteiger partial charge in [0.05, 0.1) is 13.2 Å². The summed E-state index contributed by atoms with van der Waals surface area (Å²) in [5.74, 6) is -2.36. The van der Waals surface area contributed by atoms with Gasteiger partial charge in [-0.1, -0.05) is 0 Å². The van der Waals surface area contributed by atoms with Crippen LogP contribution in [0.5, 0.6) is 0 Å². The van der Waals surface area contributed by atoms with E-state index in [4.69, 9.17) is 26.6 Å². The molecule has 0 aromatic heterocycles. The predicted octanol–water partition coefficient (Wildman–Crippen LogP) is -3.82. The molecule has 0 fully saturated rings. The van der Waals surface area contributed by atoms with Crippen LogP contribution in [-0.2, 0) is 23.8 Å². The molecule has 0 amide bonds. The average Bonchev–Trinajstić information content (AvgIpc) is 2.61. The van der Waals surface area contributed by atoms with E-state index in [0.29, 0.717) is 0 Å². The first-order valence-electron chi connectivity index (χ1n) is 7.79. The Labute approximate surface area is 159 Å². The molecule has 0 aliphatic heterocycles. The number of halogens is 1. The van der Waals surface area contributed by atoms with E-state index in [0.717, 1.165) is 13.8 Å². The highest BCUT2D eigenvalue weighted by Gasteiger charge is 2.49. The number of rotatable bonds is 12. The van der Waals surface area contributed by atoms with E-state index in [-0.39, 0.29) is 0 Å². The monoisotopic (exact) mass is 420 g/mol. The molecule has 7 N–H and O–H groups in total. The SMILES string of the molecule is CC(O)C(=O)OCCOC(Cl)(OC(=O)C(C)O)[C@H](O)[C@@H](O)[C@H](O)[C@H](O)CO. The fraction of sp³-hybridized carbons (Fsp3) is 0.857. The van der Waals surface area contributed by atoms with Gasteiger partial charge in [-0.3, -0.25) is 0 Å². The minimum Gasteiger partial charge on any atom is -0.461 e. The second kappa shape index (κ2) is 11.7. The van der Waals surface area contributed by atoms with Crippen LogP contribution >= 0.6 is 11.6 Å². The highest BCUT2D eigenvalue weighted by atomic mass is 35.5. The lowest BCUT2D eigenvalue weighted by Crippen LogP contribution is -2.57. The molecule has 0 rings (SSSR count). The summed E-state index contributed by atoms with van der Waals surface area (Å²) < 4.78 is 14.1. The lowest BCUT2D eigenvalue weighted by Gasteiger charge is -2.35. The fourth-order valence-corrected chi connectivity index (χ4v) is 1.85. The minimum atomic E-state index is -2.86. The molecule has 0 radical (unpaired) electrons. The molecule has 0 aromatic carbocycles. The number of carbonyl (C=O) groups is 2. The average molecular weight is 421 g/mol. The maximum Gasteiger partial charge on any atom is 0.338 e. The van der Waals surface area contributed by atoms with Crippen molar-refractivity contribution in [3.63, 3.8) is 0 Å². The largest absolute Gasteiger partial charge is 0.461 e. The second-order valence-corrected chi connectivity index (χ2v) is 6.07. The van der Waals surface area contributed by atoms with Crippen molar-refractivity contribution in [2.24, 2.45) is 0 Å². The molecular weight excluding hydrogens is 396 g/mol. The van der Waals surface area contributed by atoms with E-state index in [2.05, 4.69) is 9.47 Å².